The van der Waals surface area contributed by atoms with Gasteiger partial charge in [0.05, 0.1) is 0 Å². The second-order valence-corrected chi connectivity index (χ2v) is 4.49. The maximum Gasteiger partial charge on any atom is 0.165 e. The number of rotatable bonds is 4. The molecule has 0 unspecified atom stereocenters. The SMILES string of the molecule is Fc1cccnc1NCCc1ccc2c(c1)OCCO2. The summed E-state index contributed by atoms with van der Waals surface area (Å²) in [6.07, 6.45) is 2.32. The van der Waals surface area contributed by atoms with Gasteiger partial charge in [0.1, 0.15) is 13.2 Å². The Kier molecular flexibility index (Phi) is 3.67. The van der Waals surface area contributed by atoms with Crippen LogP contribution in [0.3, 0.4) is 0 Å². The van der Waals surface area contributed by atoms with Gasteiger partial charge < -0.3 is 14.8 Å². The number of fused-ring (bicyclic) bond motifs is 1. The minimum absolute atomic E-state index is 0.282. The van der Waals surface area contributed by atoms with Gasteiger partial charge in [-0.15, -0.1) is 0 Å². The quantitative estimate of drug-likeness (QED) is 0.930. The van der Waals surface area contributed by atoms with Crippen molar-refractivity contribution in [2.24, 2.45) is 0 Å². The molecule has 1 aliphatic rings. The van der Waals surface area contributed by atoms with Crippen molar-refractivity contribution in [2.45, 2.75) is 6.42 Å². The van der Waals surface area contributed by atoms with Gasteiger partial charge >= 0.3 is 0 Å². The lowest BCUT2D eigenvalue weighted by atomic mass is 10.1. The van der Waals surface area contributed by atoms with Crippen LogP contribution in [0.2, 0.25) is 0 Å². The minimum atomic E-state index is -0.338. The number of halogens is 1. The first kappa shape index (κ1) is 12.7. The van der Waals surface area contributed by atoms with Crippen molar-refractivity contribution < 1.29 is 13.9 Å². The highest BCUT2D eigenvalue weighted by molar-refractivity contribution is 5.44. The molecule has 0 atom stereocenters. The van der Waals surface area contributed by atoms with E-state index in [1.54, 1.807) is 12.3 Å². The largest absolute Gasteiger partial charge is 0.486 e. The lowest BCUT2D eigenvalue weighted by molar-refractivity contribution is 0.171. The predicted octanol–water partition coefficient (Wildman–Crippen LogP) is 2.65. The molecule has 3 rings (SSSR count). The Morgan fingerprint density at radius 1 is 1.15 bits per heavy atom. The van der Waals surface area contributed by atoms with Gasteiger partial charge in [0.2, 0.25) is 0 Å². The number of nitrogens with zero attached hydrogens (tertiary/aromatic N) is 1. The Morgan fingerprint density at radius 2 is 2.00 bits per heavy atom. The van der Waals surface area contributed by atoms with E-state index in [4.69, 9.17) is 9.47 Å². The van der Waals surface area contributed by atoms with E-state index in [0.29, 0.717) is 19.8 Å². The molecule has 20 heavy (non-hydrogen) atoms. The Morgan fingerprint density at radius 3 is 2.85 bits per heavy atom. The van der Waals surface area contributed by atoms with Crippen molar-refractivity contribution in [1.82, 2.24) is 4.98 Å². The summed E-state index contributed by atoms with van der Waals surface area (Å²) in [6, 6.07) is 8.82. The molecule has 2 aromatic rings. The van der Waals surface area contributed by atoms with Crippen molar-refractivity contribution >= 4 is 5.82 Å². The lowest BCUT2D eigenvalue weighted by Gasteiger charge is -2.18. The molecule has 104 valence electrons. The van der Waals surface area contributed by atoms with E-state index >= 15 is 0 Å². The van der Waals surface area contributed by atoms with E-state index in [0.717, 1.165) is 23.5 Å². The number of anilines is 1. The normalized spacial score (nSPS) is 13.1. The molecule has 0 bridgehead atoms. The van der Waals surface area contributed by atoms with Crippen molar-refractivity contribution in [3.63, 3.8) is 0 Å². The summed E-state index contributed by atoms with van der Waals surface area (Å²) in [7, 11) is 0. The Bertz CT molecular complexity index is 604. The summed E-state index contributed by atoms with van der Waals surface area (Å²) in [5.74, 6) is 1.50. The maximum atomic E-state index is 13.4. The fourth-order valence-corrected chi connectivity index (χ4v) is 2.08. The third-order valence-corrected chi connectivity index (χ3v) is 3.07. The van der Waals surface area contributed by atoms with Gasteiger partial charge in [-0.3, -0.25) is 0 Å². The summed E-state index contributed by atoms with van der Waals surface area (Å²) in [6.45, 7) is 1.77. The first-order valence-electron chi connectivity index (χ1n) is 6.56. The van der Waals surface area contributed by atoms with Crippen LogP contribution in [0.4, 0.5) is 10.2 Å². The highest BCUT2D eigenvalue weighted by Crippen LogP contribution is 2.30. The smallest absolute Gasteiger partial charge is 0.165 e. The molecule has 1 aromatic carbocycles. The summed E-state index contributed by atoms with van der Waals surface area (Å²) < 4.78 is 24.4. The molecule has 0 fully saturated rings. The zero-order valence-electron chi connectivity index (χ0n) is 10.9. The number of hydrogen-bond donors (Lipinski definition) is 1. The second-order valence-electron chi connectivity index (χ2n) is 4.49. The van der Waals surface area contributed by atoms with Gasteiger partial charge in [-0.1, -0.05) is 6.07 Å². The topological polar surface area (TPSA) is 43.4 Å². The monoisotopic (exact) mass is 274 g/mol. The zero-order chi connectivity index (χ0) is 13.8. The van der Waals surface area contributed by atoms with Crippen molar-refractivity contribution in [2.75, 3.05) is 25.1 Å². The van der Waals surface area contributed by atoms with Crippen LogP contribution in [0.25, 0.3) is 0 Å². The molecule has 0 saturated carbocycles. The van der Waals surface area contributed by atoms with Gasteiger partial charge in [0, 0.05) is 12.7 Å². The summed E-state index contributed by atoms with van der Waals surface area (Å²) in [4.78, 5) is 3.95. The molecule has 0 aliphatic carbocycles. The van der Waals surface area contributed by atoms with Crippen LogP contribution in [0.1, 0.15) is 5.56 Å². The van der Waals surface area contributed by atoms with Crippen LogP contribution in [-0.4, -0.2) is 24.7 Å². The molecular formula is C15H15FN2O2. The molecule has 0 spiro atoms. The lowest BCUT2D eigenvalue weighted by Crippen LogP contribution is -2.15. The average Bonchev–Trinajstić information content (AvgIpc) is 2.49. The van der Waals surface area contributed by atoms with Crippen LogP contribution < -0.4 is 14.8 Å². The zero-order valence-corrected chi connectivity index (χ0v) is 10.9. The van der Waals surface area contributed by atoms with Gasteiger partial charge in [0.15, 0.2) is 23.1 Å². The van der Waals surface area contributed by atoms with Crippen LogP contribution >= 0.6 is 0 Å². The highest BCUT2D eigenvalue weighted by Gasteiger charge is 2.11. The third kappa shape index (κ3) is 2.82. The van der Waals surface area contributed by atoms with Crippen LogP contribution in [0.15, 0.2) is 36.5 Å². The molecule has 0 amide bonds. The summed E-state index contributed by atoms with van der Waals surface area (Å²) in [5, 5.41) is 2.98. The maximum absolute atomic E-state index is 13.4. The van der Waals surface area contributed by atoms with Crippen LogP contribution in [0, 0.1) is 5.82 Å². The molecule has 1 N–H and O–H groups in total. The average molecular weight is 274 g/mol. The second kappa shape index (κ2) is 5.77. The highest BCUT2D eigenvalue weighted by atomic mass is 19.1. The fourth-order valence-electron chi connectivity index (χ4n) is 2.08. The van der Waals surface area contributed by atoms with Gasteiger partial charge in [-0.25, -0.2) is 9.37 Å². The predicted molar refractivity (Wildman–Crippen MR) is 73.8 cm³/mol. The van der Waals surface area contributed by atoms with Crippen molar-refractivity contribution in [3.05, 3.63) is 47.9 Å². The van der Waals surface area contributed by atoms with Crippen molar-refractivity contribution in [1.29, 1.82) is 0 Å². The Hall–Kier alpha value is -2.30. The number of aromatic nitrogens is 1. The molecule has 0 saturated heterocycles. The number of ether oxygens (including phenoxy) is 2. The van der Waals surface area contributed by atoms with Gasteiger partial charge in [-0.05, 0) is 36.2 Å². The number of nitrogens with one attached hydrogen (secondary N) is 1. The van der Waals surface area contributed by atoms with E-state index in [2.05, 4.69) is 10.3 Å². The first-order chi connectivity index (χ1) is 9.83. The summed E-state index contributed by atoms with van der Waals surface area (Å²) >= 11 is 0. The molecule has 4 nitrogen and oxygen atoms in total. The van der Waals surface area contributed by atoms with E-state index < -0.39 is 0 Å². The molecule has 2 heterocycles. The molecule has 1 aliphatic heterocycles. The Labute approximate surface area is 116 Å². The van der Waals surface area contributed by atoms with Gasteiger partial charge in [0.25, 0.3) is 0 Å². The fraction of sp³-hybridized carbons (Fsp3) is 0.267. The van der Waals surface area contributed by atoms with Crippen LogP contribution in [0.5, 0.6) is 11.5 Å². The van der Waals surface area contributed by atoms with Crippen LogP contribution in [-0.2, 0) is 6.42 Å². The standard InChI is InChI=1S/C15H15FN2O2/c16-12-2-1-6-17-15(12)18-7-5-11-3-4-13-14(10-11)20-9-8-19-13/h1-4,6,10H,5,7-9H2,(H,17,18). The van der Waals surface area contributed by atoms with E-state index in [1.807, 2.05) is 18.2 Å². The number of hydrogen-bond acceptors (Lipinski definition) is 4. The summed E-state index contributed by atoms with van der Waals surface area (Å²) in [5.41, 5.74) is 1.11. The third-order valence-electron chi connectivity index (χ3n) is 3.07. The Balaban J connectivity index is 1.60. The minimum Gasteiger partial charge on any atom is -0.486 e. The number of pyridine rings is 1. The van der Waals surface area contributed by atoms with Gasteiger partial charge in [-0.2, -0.15) is 0 Å². The first-order valence-corrected chi connectivity index (χ1v) is 6.56. The molecular weight excluding hydrogens is 259 g/mol. The molecule has 5 heteroatoms. The van der Waals surface area contributed by atoms with E-state index in [1.165, 1.54) is 6.07 Å². The molecule has 1 aromatic heterocycles. The van der Waals surface area contributed by atoms with E-state index in [9.17, 15) is 4.39 Å². The number of benzene rings is 1. The van der Waals surface area contributed by atoms with Crippen molar-refractivity contribution in [3.8, 4) is 11.5 Å². The molecule has 0 radical (unpaired) electrons. The van der Waals surface area contributed by atoms with E-state index in [-0.39, 0.29) is 11.6 Å².